The Balaban J connectivity index is 1.82. The van der Waals surface area contributed by atoms with Gasteiger partial charge in [0, 0.05) is 25.2 Å². The summed E-state index contributed by atoms with van der Waals surface area (Å²) in [5.74, 6) is -0.898. The Hall–Kier alpha value is -2.18. The number of nitrogens with zero attached hydrogens (tertiary/aromatic N) is 1. The molecule has 0 aliphatic carbocycles. The van der Waals surface area contributed by atoms with Crippen molar-refractivity contribution in [1.29, 1.82) is 0 Å². The lowest BCUT2D eigenvalue weighted by Gasteiger charge is -2.17. The maximum Gasteiger partial charge on any atom is 0.321 e. The second kappa shape index (κ2) is 7.56. The fourth-order valence-corrected chi connectivity index (χ4v) is 2.14. The topological polar surface area (TPSA) is 104 Å². The molecule has 1 aromatic heterocycles. The monoisotopic (exact) mass is 288 g/mol. The van der Waals surface area contributed by atoms with Crippen molar-refractivity contribution in [2.45, 2.75) is 24.9 Å². The van der Waals surface area contributed by atoms with Gasteiger partial charge in [0.25, 0.3) is 0 Å². The smallest absolute Gasteiger partial charge is 0.321 e. The number of aromatic nitrogens is 2. The molecule has 0 aliphatic rings. The van der Waals surface area contributed by atoms with Crippen LogP contribution in [0, 0.1) is 0 Å². The number of nitrogens with two attached hydrogens (primary N) is 1. The number of rotatable bonds is 8. The zero-order valence-corrected chi connectivity index (χ0v) is 11.7. The van der Waals surface area contributed by atoms with Crippen molar-refractivity contribution < 1.29 is 9.90 Å². The molecule has 2 atom stereocenters. The number of carboxylic acids is 1. The van der Waals surface area contributed by atoms with Crippen LogP contribution in [0.3, 0.4) is 0 Å². The van der Waals surface area contributed by atoms with Crippen molar-refractivity contribution in [1.82, 2.24) is 15.3 Å². The molecule has 0 amide bonds. The average Bonchev–Trinajstić information content (AvgIpc) is 2.97. The first-order chi connectivity index (χ1) is 10.1. The zero-order chi connectivity index (χ0) is 15.1. The van der Waals surface area contributed by atoms with E-state index in [2.05, 4.69) is 15.3 Å². The van der Waals surface area contributed by atoms with E-state index in [1.54, 1.807) is 6.20 Å². The fourth-order valence-electron chi connectivity index (χ4n) is 2.14. The molecule has 1 heterocycles. The van der Waals surface area contributed by atoms with E-state index in [4.69, 9.17) is 5.73 Å². The second-order valence-electron chi connectivity index (χ2n) is 5.01. The minimum absolute atomic E-state index is 0.131. The summed E-state index contributed by atoms with van der Waals surface area (Å²) in [6.45, 7) is 0.441. The van der Waals surface area contributed by atoms with Crippen LogP contribution < -0.4 is 11.1 Å². The van der Waals surface area contributed by atoms with Crippen molar-refractivity contribution in [2.75, 3.05) is 6.54 Å². The second-order valence-corrected chi connectivity index (χ2v) is 5.01. The summed E-state index contributed by atoms with van der Waals surface area (Å²) in [5.41, 5.74) is 7.91. The van der Waals surface area contributed by atoms with Crippen LogP contribution in [0.25, 0.3) is 0 Å². The Bertz CT molecular complexity index is 542. The minimum Gasteiger partial charge on any atom is -0.480 e. The summed E-state index contributed by atoms with van der Waals surface area (Å²) in [4.78, 5) is 18.1. The molecule has 0 bridgehead atoms. The van der Waals surface area contributed by atoms with Gasteiger partial charge in [0.2, 0.25) is 0 Å². The van der Waals surface area contributed by atoms with Crippen LogP contribution in [0.15, 0.2) is 42.9 Å². The molecule has 0 unspecified atom stereocenters. The number of nitrogens with one attached hydrogen (secondary N) is 2. The third-order valence-electron chi connectivity index (χ3n) is 3.23. The highest BCUT2D eigenvalue weighted by atomic mass is 16.4. The Morgan fingerprint density at radius 2 is 2.10 bits per heavy atom. The number of carboxylic acid groups (broad SMARTS) is 1. The minimum atomic E-state index is -0.898. The molecular formula is C15H20N4O2. The molecule has 0 spiro atoms. The Labute approximate surface area is 123 Å². The largest absolute Gasteiger partial charge is 0.480 e. The number of carbonyl (C=O) groups is 1. The van der Waals surface area contributed by atoms with Crippen molar-refractivity contribution in [2.24, 2.45) is 5.73 Å². The molecule has 0 saturated carbocycles. The molecule has 6 heteroatoms. The lowest BCUT2D eigenvalue weighted by molar-refractivity contribution is -0.139. The van der Waals surface area contributed by atoms with Crippen LogP contribution >= 0.6 is 0 Å². The van der Waals surface area contributed by atoms with Gasteiger partial charge < -0.3 is 21.1 Å². The van der Waals surface area contributed by atoms with Gasteiger partial charge in [-0.15, -0.1) is 0 Å². The summed E-state index contributed by atoms with van der Waals surface area (Å²) in [7, 11) is 0. The molecule has 5 N–H and O–H groups in total. The van der Waals surface area contributed by atoms with Gasteiger partial charge in [0.1, 0.15) is 6.04 Å². The maximum atomic E-state index is 11.3. The standard InChI is InChI=1S/C15H20N4O2/c16-12(6-11-4-2-1-3-5-11)8-18-14(15(20)21)7-13-9-17-10-19-13/h1-5,9-10,12,14,18H,6-8,16H2,(H,17,19)(H,20,21)/t12-,14-/m0/s1. The van der Waals surface area contributed by atoms with Crippen LogP contribution in [-0.4, -0.2) is 39.7 Å². The fraction of sp³-hybridized carbons (Fsp3) is 0.333. The van der Waals surface area contributed by atoms with E-state index < -0.39 is 12.0 Å². The lowest BCUT2D eigenvalue weighted by atomic mass is 10.1. The Morgan fingerprint density at radius 1 is 1.33 bits per heavy atom. The predicted octanol–water partition coefficient (Wildman–Crippen LogP) is 0.565. The zero-order valence-electron chi connectivity index (χ0n) is 11.7. The maximum absolute atomic E-state index is 11.3. The number of aliphatic carboxylic acids is 1. The summed E-state index contributed by atoms with van der Waals surface area (Å²) < 4.78 is 0. The molecule has 0 aliphatic heterocycles. The van der Waals surface area contributed by atoms with Gasteiger partial charge in [0.05, 0.1) is 12.0 Å². The van der Waals surface area contributed by atoms with Gasteiger partial charge in [-0.2, -0.15) is 0 Å². The molecule has 0 fully saturated rings. The van der Waals surface area contributed by atoms with Gasteiger partial charge in [-0.25, -0.2) is 4.98 Å². The number of benzene rings is 1. The third kappa shape index (κ3) is 5.02. The molecule has 21 heavy (non-hydrogen) atoms. The van der Waals surface area contributed by atoms with Gasteiger partial charge >= 0.3 is 5.97 Å². The molecule has 0 radical (unpaired) electrons. The first-order valence-electron chi connectivity index (χ1n) is 6.88. The summed E-state index contributed by atoms with van der Waals surface area (Å²) in [6, 6.07) is 9.09. The van der Waals surface area contributed by atoms with E-state index in [9.17, 15) is 9.90 Å². The van der Waals surface area contributed by atoms with Crippen molar-refractivity contribution in [3.8, 4) is 0 Å². The van der Waals surface area contributed by atoms with E-state index in [0.717, 1.165) is 5.56 Å². The van der Waals surface area contributed by atoms with Crippen LogP contribution in [0.4, 0.5) is 0 Å². The first kappa shape index (κ1) is 15.2. The van der Waals surface area contributed by atoms with Crippen molar-refractivity contribution in [3.63, 3.8) is 0 Å². The summed E-state index contributed by atoms with van der Waals surface area (Å²) in [6.07, 6.45) is 4.27. The van der Waals surface area contributed by atoms with Crippen LogP contribution in [0.5, 0.6) is 0 Å². The van der Waals surface area contributed by atoms with Crippen molar-refractivity contribution in [3.05, 3.63) is 54.1 Å². The molecule has 2 rings (SSSR count). The third-order valence-corrected chi connectivity index (χ3v) is 3.23. The molecule has 6 nitrogen and oxygen atoms in total. The Morgan fingerprint density at radius 3 is 2.71 bits per heavy atom. The van der Waals surface area contributed by atoms with Gasteiger partial charge in [0.15, 0.2) is 0 Å². The average molecular weight is 288 g/mol. The Kier molecular flexibility index (Phi) is 5.48. The lowest BCUT2D eigenvalue weighted by Crippen LogP contribution is -2.45. The normalized spacial score (nSPS) is 13.8. The van der Waals surface area contributed by atoms with Crippen LogP contribution in [0.2, 0.25) is 0 Å². The highest BCUT2D eigenvalue weighted by Crippen LogP contribution is 2.03. The molecule has 112 valence electrons. The quantitative estimate of drug-likeness (QED) is 0.568. The highest BCUT2D eigenvalue weighted by molar-refractivity contribution is 5.73. The van der Waals surface area contributed by atoms with E-state index in [-0.39, 0.29) is 6.04 Å². The van der Waals surface area contributed by atoms with Gasteiger partial charge in [-0.1, -0.05) is 30.3 Å². The molecule has 1 aromatic carbocycles. The van der Waals surface area contributed by atoms with Crippen molar-refractivity contribution >= 4 is 5.97 Å². The van der Waals surface area contributed by atoms with E-state index in [0.29, 0.717) is 25.1 Å². The van der Waals surface area contributed by atoms with E-state index in [1.165, 1.54) is 6.33 Å². The predicted molar refractivity (Wildman–Crippen MR) is 79.8 cm³/mol. The van der Waals surface area contributed by atoms with Crippen LogP contribution in [-0.2, 0) is 17.6 Å². The summed E-state index contributed by atoms with van der Waals surface area (Å²) >= 11 is 0. The number of aromatic amines is 1. The number of hydrogen-bond donors (Lipinski definition) is 4. The van der Waals surface area contributed by atoms with E-state index in [1.807, 2.05) is 30.3 Å². The number of H-pyrrole nitrogens is 1. The van der Waals surface area contributed by atoms with Gasteiger partial charge in [-0.3, -0.25) is 4.79 Å². The van der Waals surface area contributed by atoms with Gasteiger partial charge in [-0.05, 0) is 12.0 Å². The number of imidazole rings is 1. The first-order valence-corrected chi connectivity index (χ1v) is 6.88. The molecular weight excluding hydrogens is 268 g/mol. The van der Waals surface area contributed by atoms with Crippen LogP contribution in [0.1, 0.15) is 11.3 Å². The number of hydrogen-bond acceptors (Lipinski definition) is 4. The highest BCUT2D eigenvalue weighted by Gasteiger charge is 2.19. The summed E-state index contributed by atoms with van der Waals surface area (Å²) in [5, 5.41) is 12.2. The SMILES string of the molecule is N[C@H](CN[C@@H](Cc1c[nH]cn1)C(=O)O)Cc1ccccc1. The molecule has 2 aromatic rings. The van der Waals surface area contributed by atoms with E-state index >= 15 is 0 Å². The molecule has 0 saturated heterocycles.